The number of nitrogens with one attached hydrogen (secondary N) is 1. The van der Waals surface area contributed by atoms with Gasteiger partial charge in [0.15, 0.2) is 0 Å². The number of nitrogens with zero attached hydrogens (tertiary/aromatic N) is 1. The number of fused-ring (bicyclic) bond motifs is 1. The van der Waals surface area contributed by atoms with Gasteiger partial charge in [0, 0.05) is 25.2 Å². The molecule has 17 heavy (non-hydrogen) atoms. The molecular formula is C12H15ClN2O2. The highest BCUT2D eigenvalue weighted by molar-refractivity contribution is 6.30. The van der Waals surface area contributed by atoms with E-state index in [1.54, 1.807) is 12.3 Å². The van der Waals surface area contributed by atoms with Crippen molar-refractivity contribution in [3.05, 3.63) is 23.0 Å². The fourth-order valence-electron chi connectivity index (χ4n) is 3.06. The highest BCUT2D eigenvalue weighted by atomic mass is 35.5. The maximum Gasteiger partial charge on any atom is 0.270 e. The number of halogens is 1. The molecule has 1 amide bonds. The molecule has 1 aromatic rings. The third-order valence-electron chi connectivity index (χ3n) is 3.98. The average molecular weight is 255 g/mol. The molecule has 3 unspecified atom stereocenters. The predicted molar refractivity (Wildman–Crippen MR) is 63.9 cm³/mol. The van der Waals surface area contributed by atoms with Crippen LogP contribution >= 0.6 is 11.6 Å². The van der Waals surface area contributed by atoms with E-state index in [2.05, 4.69) is 4.98 Å². The minimum Gasteiger partial charge on any atom is -0.393 e. The number of hydrogen-bond acceptors (Lipinski definition) is 2. The second-order valence-corrected chi connectivity index (χ2v) is 5.45. The van der Waals surface area contributed by atoms with Crippen molar-refractivity contribution < 1.29 is 9.90 Å². The average Bonchev–Trinajstić information content (AvgIpc) is 2.96. The van der Waals surface area contributed by atoms with Crippen molar-refractivity contribution in [3.63, 3.8) is 0 Å². The Morgan fingerprint density at radius 1 is 1.47 bits per heavy atom. The molecule has 92 valence electrons. The molecule has 2 heterocycles. The zero-order valence-corrected chi connectivity index (χ0v) is 10.2. The Bertz CT molecular complexity index is 445. The highest BCUT2D eigenvalue weighted by Gasteiger charge is 2.43. The Hall–Kier alpha value is -1.00. The third-order valence-corrected chi connectivity index (χ3v) is 4.20. The summed E-state index contributed by atoms with van der Waals surface area (Å²) >= 11 is 5.79. The first-order chi connectivity index (χ1) is 8.15. The van der Waals surface area contributed by atoms with E-state index in [1.165, 1.54) is 0 Å². The molecule has 1 aliphatic carbocycles. The lowest BCUT2D eigenvalue weighted by Crippen LogP contribution is -2.31. The normalized spacial score (nSPS) is 31.9. The van der Waals surface area contributed by atoms with Gasteiger partial charge in [-0.2, -0.15) is 0 Å². The second-order valence-electron chi connectivity index (χ2n) is 5.01. The van der Waals surface area contributed by atoms with Crippen molar-refractivity contribution in [2.75, 3.05) is 13.1 Å². The molecule has 0 radical (unpaired) electrons. The van der Waals surface area contributed by atoms with Gasteiger partial charge in [-0.3, -0.25) is 4.79 Å². The molecule has 1 aromatic heterocycles. The predicted octanol–water partition coefficient (Wildman–Crippen LogP) is 1.51. The molecular weight excluding hydrogens is 240 g/mol. The summed E-state index contributed by atoms with van der Waals surface area (Å²) in [4.78, 5) is 16.8. The Morgan fingerprint density at radius 2 is 2.29 bits per heavy atom. The van der Waals surface area contributed by atoms with Gasteiger partial charge in [0.2, 0.25) is 0 Å². The smallest absolute Gasteiger partial charge is 0.270 e. The van der Waals surface area contributed by atoms with E-state index in [4.69, 9.17) is 11.6 Å². The van der Waals surface area contributed by atoms with E-state index in [9.17, 15) is 9.90 Å². The van der Waals surface area contributed by atoms with Crippen LogP contribution in [0, 0.1) is 11.8 Å². The molecule has 0 aromatic carbocycles. The summed E-state index contributed by atoms with van der Waals surface area (Å²) in [5.74, 6) is 0.724. The number of aromatic amines is 1. The van der Waals surface area contributed by atoms with Gasteiger partial charge in [0.1, 0.15) is 5.69 Å². The number of amides is 1. The van der Waals surface area contributed by atoms with Gasteiger partial charge in [-0.25, -0.2) is 0 Å². The van der Waals surface area contributed by atoms with Gasteiger partial charge in [0.05, 0.1) is 11.1 Å². The zero-order chi connectivity index (χ0) is 12.0. The number of hydrogen-bond donors (Lipinski definition) is 2. The van der Waals surface area contributed by atoms with Crippen LogP contribution in [0.1, 0.15) is 23.3 Å². The van der Waals surface area contributed by atoms with Crippen molar-refractivity contribution >= 4 is 17.5 Å². The minimum absolute atomic E-state index is 0.0153. The summed E-state index contributed by atoms with van der Waals surface area (Å²) in [6.45, 7) is 1.43. The van der Waals surface area contributed by atoms with Crippen LogP contribution in [0.3, 0.4) is 0 Å². The largest absolute Gasteiger partial charge is 0.393 e. The summed E-state index contributed by atoms with van der Waals surface area (Å²) in [7, 11) is 0. The Labute approximate surface area is 105 Å². The van der Waals surface area contributed by atoms with Gasteiger partial charge >= 0.3 is 0 Å². The van der Waals surface area contributed by atoms with Crippen LogP contribution in [0.25, 0.3) is 0 Å². The van der Waals surface area contributed by atoms with Gasteiger partial charge in [0.25, 0.3) is 5.91 Å². The van der Waals surface area contributed by atoms with Crippen LogP contribution < -0.4 is 0 Å². The highest BCUT2D eigenvalue weighted by Crippen LogP contribution is 2.38. The molecule has 0 spiro atoms. The number of carbonyl (C=O) groups is 1. The van der Waals surface area contributed by atoms with E-state index < -0.39 is 0 Å². The molecule has 2 fully saturated rings. The summed E-state index contributed by atoms with van der Waals surface area (Å²) in [5.41, 5.74) is 0.532. The van der Waals surface area contributed by atoms with E-state index >= 15 is 0 Å². The number of carbonyl (C=O) groups excluding carboxylic acids is 1. The van der Waals surface area contributed by atoms with Crippen LogP contribution in [0.5, 0.6) is 0 Å². The SMILES string of the molecule is O=C(c1cc(Cl)c[nH]1)N1CC2CCC(O)C2C1. The summed E-state index contributed by atoms with van der Waals surface area (Å²) in [6, 6.07) is 1.65. The number of aromatic nitrogens is 1. The lowest BCUT2D eigenvalue weighted by molar-refractivity contribution is 0.0747. The van der Waals surface area contributed by atoms with Crippen molar-refractivity contribution in [2.45, 2.75) is 18.9 Å². The van der Waals surface area contributed by atoms with Crippen LogP contribution in [0.2, 0.25) is 5.02 Å². The number of aliphatic hydroxyl groups is 1. The van der Waals surface area contributed by atoms with E-state index in [0.717, 1.165) is 19.4 Å². The fraction of sp³-hybridized carbons (Fsp3) is 0.583. The second kappa shape index (κ2) is 4.03. The van der Waals surface area contributed by atoms with Crippen LogP contribution in [0.15, 0.2) is 12.3 Å². The van der Waals surface area contributed by atoms with Gasteiger partial charge < -0.3 is 15.0 Å². The first kappa shape index (κ1) is 11.1. The summed E-state index contributed by atoms with van der Waals surface area (Å²) < 4.78 is 0. The summed E-state index contributed by atoms with van der Waals surface area (Å²) in [6.07, 6.45) is 3.29. The number of likely N-dealkylation sites (tertiary alicyclic amines) is 1. The van der Waals surface area contributed by atoms with Gasteiger partial charge in [-0.15, -0.1) is 0 Å². The summed E-state index contributed by atoms with van der Waals surface area (Å²) in [5, 5.41) is 10.4. The molecule has 0 bridgehead atoms. The first-order valence-corrected chi connectivity index (χ1v) is 6.34. The van der Waals surface area contributed by atoms with E-state index in [-0.39, 0.29) is 17.9 Å². The number of rotatable bonds is 1. The lowest BCUT2D eigenvalue weighted by atomic mass is 10.00. The topological polar surface area (TPSA) is 56.3 Å². The molecule has 3 rings (SSSR count). The Kier molecular flexibility index (Phi) is 2.64. The zero-order valence-electron chi connectivity index (χ0n) is 9.40. The maximum absolute atomic E-state index is 12.2. The molecule has 4 nitrogen and oxygen atoms in total. The number of H-pyrrole nitrogens is 1. The Balaban J connectivity index is 1.73. The van der Waals surface area contributed by atoms with E-state index in [1.807, 2.05) is 4.90 Å². The number of aliphatic hydroxyl groups excluding tert-OH is 1. The van der Waals surface area contributed by atoms with Crippen LogP contribution in [-0.4, -0.2) is 40.1 Å². The fourth-order valence-corrected chi connectivity index (χ4v) is 3.23. The molecule has 1 aliphatic heterocycles. The van der Waals surface area contributed by atoms with Gasteiger partial charge in [-0.05, 0) is 24.8 Å². The first-order valence-electron chi connectivity index (χ1n) is 5.96. The van der Waals surface area contributed by atoms with Crippen molar-refractivity contribution in [2.24, 2.45) is 11.8 Å². The quantitative estimate of drug-likeness (QED) is 0.798. The van der Waals surface area contributed by atoms with Crippen molar-refractivity contribution in [3.8, 4) is 0 Å². The molecule has 2 aliphatic rings. The molecule has 5 heteroatoms. The lowest BCUT2D eigenvalue weighted by Gasteiger charge is -2.17. The third kappa shape index (κ3) is 1.85. The monoisotopic (exact) mass is 254 g/mol. The molecule has 2 N–H and O–H groups in total. The molecule has 3 atom stereocenters. The molecule has 1 saturated carbocycles. The van der Waals surface area contributed by atoms with Crippen LogP contribution in [0.4, 0.5) is 0 Å². The van der Waals surface area contributed by atoms with Crippen molar-refractivity contribution in [1.29, 1.82) is 0 Å². The van der Waals surface area contributed by atoms with Crippen molar-refractivity contribution in [1.82, 2.24) is 9.88 Å². The van der Waals surface area contributed by atoms with Crippen LogP contribution in [-0.2, 0) is 0 Å². The Morgan fingerprint density at radius 3 is 2.94 bits per heavy atom. The van der Waals surface area contributed by atoms with E-state index in [0.29, 0.717) is 23.2 Å². The van der Waals surface area contributed by atoms with Gasteiger partial charge in [-0.1, -0.05) is 11.6 Å². The minimum atomic E-state index is -0.231. The maximum atomic E-state index is 12.2. The molecule has 1 saturated heterocycles. The standard InChI is InChI=1S/C12H15ClN2O2/c13-8-3-10(14-4-8)12(17)15-5-7-1-2-11(16)9(7)6-15/h3-4,7,9,11,14,16H,1-2,5-6H2.